The highest BCUT2D eigenvalue weighted by atomic mass is 79.9. The van der Waals surface area contributed by atoms with Crippen LogP contribution in [-0.2, 0) is 6.18 Å². The van der Waals surface area contributed by atoms with Crippen LogP contribution in [0.4, 0.5) is 29.1 Å². The molecule has 0 aliphatic heterocycles. The Balaban J connectivity index is 2.41. The average Bonchev–Trinajstić information content (AvgIpc) is 2.36. The van der Waals surface area contributed by atoms with Crippen LogP contribution in [0.1, 0.15) is 11.1 Å². The van der Waals surface area contributed by atoms with Crippen LogP contribution >= 0.6 is 15.9 Å². The normalized spacial score (nSPS) is 11.5. The molecule has 106 valence electrons. The second-order valence-electron chi connectivity index (χ2n) is 4.11. The van der Waals surface area contributed by atoms with Gasteiger partial charge in [0, 0.05) is 6.20 Å². The second-order valence-corrected chi connectivity index (χ2v) is 4.90. The number of aromatic nitrogens is 1. The first-order valence-corrected chi connectivity index (χ1v) is 6.33. The van der Waals surface area contributed by atoms with Crippen LogP contribution in [0, 0.1) is 12.7 Å². The van der Waals surface area contributed by atoms with Crippen molar-refractivity contribution in [3.63, 3.8) is 0 Å². The molecule has 0 saturated carbocycles. The molecular formula is C13H9BrF4N2. The van der Waals surface area contributed by atoms with E-state index in [1.165, 1.54) is 6.20 Å². The summed E-state index contributed by atoms with van der Waals surface area (Å²) in [4.78, 5) is 3.96. The van der Waals surface area contributed by atoms with E-state index in [0.717, 1.165) is 11.6 Å². The van der Waals surface area contributed by atoms with Crippen molar-refractivity contribution >= 4 is 27.4 Å². The summed E-state index contributed by atoms with van der Waals surface area (Å²) < 4.78 is 52.0. The predicted octanol–water partition coefficient (Wildman–Crippen LogP) is 5.05. The molecule has 0 unspecified atom stereocenters. The van der Waals surface area contributed by atoms with E-state index in [0.29, 0.717) is 16.6 Å². The Kier molecular flexibility index (Phi) is 3.99. The van der Waals surface area contributed by atoms with Gasteiger partial charge < -0.3 is 5.32 Å². The van der Waals surface area contributed by atoms with Gasteiger partial charge in [0.15, 0.2) is 0 Å². The number of pyridine rings is 1. The minimum atomic E-state index is -4.53. The Bertz CT molecular complexity index is 641. The Morgan fingerprint density at radius 1 is 1.20 bits per heavy atom. The van der Waals surface area contributed by atoms with Crippen molar-refractivity contribution in [2.75, 3.05) is 5.32 Å². The van der Waals surface area contributed by atoms with Crippen LogP contribution in [0.25, 0.3) is 0 Å². The summed E-state index contributed by atoms with van der Waals surface area (Å²) in [6.45, 7) is 1.79. The number of halogens is 5. The molecule has 0 spiro atoms. The highest BCUT2D eigenvalue weighted by molar-refractivity contribution is 9.10. The monoisotopic (exact) mass is 348 g/mol. The molecule has 20 heavy (non-hydrogen) atoms. The standard InChI is InChI=1S/C13H9BrF4N2/c1-7-4-5-19-12(11(7)14)20-10-6-8(13(16,17)18)2-3-9(10)15/h2-6H,1H3,(H,19,20). The molecule has 2 nitrogen and oxygen atoms in total. The quantitative estimate of drug-likeness (QED) is 0.767. The lowest BCUT2D eigenvalue weighted by Crippen LogP contribution is -2.07. The predicted molar refractivity (Wildman–Crippen MR) is 71.4 cm³/mol. The summed E-state index contributed by atoms with van der Waals surface area (Å²) in [6.07, 6.45) is -3.05. The minimum Gasteiger partial charge on any atom is -0.337 e. The van der Waals surface area contributed by atoms with Crippen LogP contribution in [-0.4, -0.2) is 4.98 Å². The molecule has 0 aliphatic carbocycles. The number of nitrogens with one attached hydrogen (secondary N) is 1. The molecule has 0 amide bonds. The Hall–Kier alpha value is -1.63. The summed E-state index contributed by atoms with van der Waals surface area (Å²) >= 11 is 3.25. The molecule has 0 bridgehead atoms. The zero-order valence-electron chi connectivity index (χ0n) is 10.2. The number of rotatable bonds is 2. The fraction of sp³-hybridized carbons (Fsp3) is 0.154. The first-order valence-electron chi connectivity index (χ1n) is 5.54. The van der Waals surface area contributed by atoms with Gasteiger partial charge >= 0.3 is 6.18 Å². The van der Waals surface area contributed by atoms with Gasteiger partial charge in [-0.25, -0.2) is 9.37 Å². The van der Waals surface area contributed by atoms with Crippen LogP contribution < -0.4 is 5.32 Å². The summed E-state index contributed by atoms with van der Waals surface area (Å²) in [5.74, 6) is -0.531. The van der Waals surface area contributed by atoms with E-state index in [2.05, 4.69) is 26.2 Å². The Morgan fingerprint density at radius 3 is 2.55 bits per heavy atom. The van der Waals surface area contributed by atoms with Gasteiger partial charge in [-0.2, -0.15) is 13.2 Å². The summed E-state index contributed by atoms with van der Waals surface area (Å²) in [5, 5.41) is 2.56. The van der Waals surface area contributed by atoms with Gasteiger partial charge in [-0.3, -0.25) is 0 Å². The first-order chi connectivity index (χ1) is 9.29. The lowest BCUT2D eigenvalue weighted by Gasteiger charge is -2.12. The van der Waals surface area contributed by atoms with E-state index < -0.39 is 17.6 Å². The summed E-state index contributed by atoms with van der Waals surface area (Å²) in [7, 11) is 0. The number of hydrogen-bond donors (Lipinski definition) is 1. The second kappa shape index (κ2) is 5.40. The van der Waals surface area contributed by atoms with Gasteiger partial charge in [-0.05, 0) is 52.7 Å². The van der Waals surface area contributed by atoms with E-state index >= 15 is 0 Å². The zero-order chi connectivity index (χ0) is 14.9. The third-order valence-electron chi connectivity index (χ3n) is 2.63. The first kappa shape index (κ1) is 14.8. The van der Waals surface area contributed by atoms with Crippen molar-refractivity contribution in [1.29, 1.82) is 0 Å². The van der Waals surface area contributed by atoms with Crippen LogP contribution in [0.15, 0.2) is 34.9 Å². The van der Waals surface area contributed by atoms with Crippen LogP contribution in [0.3, 0.4) is 0 Å². The molecule has 0 aliphatic rings. The SMILES string of the molecule is Cc1ccnc(Nc2cc(C(F)(F)F)ccc2F)c1Br. The van der Waals surface area contributed by atoms with Crippen LogP contribution in [0.2, 0.25) is 0 Å². The lowest BCUT2D eigenvalue weighted by molar-refractivity contribution is -0.137. The molecule has 1 N–H and O–H groups in total. The fourth-order valence-corrected chi connectivity index (χ4v) is 1.89. The van der Waals surface area contributed by atoms with Crippen molar-refractivity contribution in [3.8, 4) is 0 Å². The topological polar surface area (TPSA) is 24.9 Å². The molecule has 7 heteroatoms. The van der Waals surface area contributed by atoms with Crippen molar-refractivity contribution < 1.29 is 17.6 Å². The zero-order valence-corrected chi connectivity index (χ0v) is 11.8. The van der Waals surface area contributed by atoms with Crippen molar-refractivity contribution in [2.24, 2.45) is 0 Å². The molecule has 1 aromatic carbocycles. The smallest absolute Gasteiger partial charge is 0.337 e. The number of hydrogen-bond acceptors (Lipinski definition) is 2. The Morgan fingerprint density at radius 2 is 1.90 bits per heavy atom. The van der Waals surface area contributed by atoms with Crippen molar-refractivity contribution in [2.45, 2.75) is 13.1 Å². The number of anilines is 2. The van der Waals surface area contributed by atoms with E-state index in [4.69, 9.17) is 0 Å². The molecule has 0 radical (unpaired) electrons. The Labute approximate surface area is 121 Å². The van der Waals surface area contributed by atoms with Gasteiger partial charge in [0.2, 0.25) is 0 Å². The molecule has 2 aromatic rings. The summed E-state index contributed by atoms with van der Waals surface area (Å²) in [6, 6.07) is 3.90. The van der Waals surface area contributed by atoms with E-state index in [9.17, 15) is 17.6 Å². The molecule has 0 atom stereocenters. The van der Waals surface area contributed by atoms with Gasteiger partial charge in [-0.1, -0.05) is 0 Å². The van der Waals surface area contributed by atoms with E-state index in [-0.39, 0.29) is 11.5 Å². The minimum absolute atomic E-state index is 0.253. The van der Waals surface area contributed by atoms with Gasteiger partial charge in [0.1, 0.15) is 11.6 Å². The van der Waals surface area contributed by atoms with Gasteiger partial charge in [0.05, 0.1) is 15.7 Å². The number of benzene rings is 1. The molecule has 1 aromatic heterocycles. The van der Waals surface area contributed by atoms with Gasteiger partial charge in [0.25, 0.3) is 0 Å². The number of alkyl halides is 3. The molecule has 0 saturated heterocycles. The molecule has 0 fully saturated rings. The average molecular weight is 349 g/mol. The third-order valence-corrected chi connectivity index (χ3v) is 3.63. The number of nitrogens with zero attached hydrogens (tertiary/aromatic N) is 1. The number of aryl methyl sites for hydroxylation is 1. The van der Waals surface area contributed by atoms with Crippen molar-refractivity contribution in [1.82, 2.24) is 4.98 Å². The van der Waals surface area contributed by atoms with Crippen molar-refractivity contribution in [3.05, 3.63) is 51.9 Å². The fourth-order valence-electron chi connectivity index (χ4n) is 1.55. The van der Waals surface area contributed by atoms with E-state index in [1.807, 2.05) is 0 Å². The van der Waals surface area contributed by atoms with Crippen LogP contribution in [0.5, 0.6) is 0 Å². The van der Waals surface area contributed by atoms with E-state index in [1.54, 1.807) is 13.0 Å². The largest absolute Gasteiger partial charge is 0.416 e. The van der Waals surface area contributed by atoms with Gasteiger partial charge in [-0.15, -0.1) is 0 Å². The highest BCUT2D eigenvalue weighted by Crippen LogP contribution is 2.33. The highest BCUT2D eigenvalue weighted by Gasteiger charge is 2.31. The third kappa shape index (κ3) is 3.09. The molecule has 1 heterocycles. The molecule has 2 rings (SSSR count). The maximum Gasteiger partial charge on any atom is 0.416 e. The summed E-state index contributed by atoms with van der Waals surface area (Å²) in [5.41, 5.74) is -0.376. The molecular weight excluding hydrogens is 340 g/mol. The maximum atomic E-state index is 13.6. The maximum absolute atomic E-state index is 13.6. The lowest BCUT2D eigenvalue weighted by atomic mass is 10.2.